The number of amides is 2. The number of sulfonamides is 1. The Kier molecular flexibility index (Phi) is 10.5. The van der Waals surface area contributed by atoms with Crippen LogP contribution in [0.3, 0.4) is 0 Å². The highest BCUT2D eigenvalue weighted by molar-refractivity contribution is 7.90. The monoisotopic (exact) mass is 794 g/mol. The van der Waals surface area contributed by atoms with Gasteiger partial charge >= 0.3 is 0 Å². The molecule has 13 heteroatoms. The molecule has 298 valence electrons. The first-order valence-corrected chi connectivity index (χ1v) is 22.0. The van der Waals surface area contributed by atoms with Gasteiger partial charge in [-0.2, -0.15) is 0 Å². The molecule has 2 amide bonds. The van der Waals surface area contributed by atoms with Crippen LogP contribution in [0.5, 0.6) is 5.75 Å². The number of fused-ring (bicyclic) bond motifs is 5. The minimum absolute atomic E-state index is 0.00718. The second-order valence-electron chi connectivity index (χ2n) is 17.1. The van der Waals surface area contributed by atoms with E-state index >= 15 is 0 Å². The molecular weight excluding hydrogens is 740 g/mol. The SMILES string of the molecule is CO[C@]1(CN2CCN3C(=O)[C@@H](C)OC[C@@H]3C2)/C=C\C[C@H](C)[C@@H](C)S(=O)(=O)NC(=O)c2ccc3c(c2)N(C[C@@H]2CC[C@H]21)C[C@@]1(CCCc2cc(Cl)ccc21)CO3. The maximum Gasteiger partial charge on any atom is 0.264 e. The summed E-state index contributed by atoms with van der Waals surface area (Å²) in [7, 11) is -2.19. The Morgan fingerprint density at radius 3 is 2.67 bits per heavy atom. The number of methoxy groups -OCH3 is 1. The minimum Gasteiger partial charge on any atom is -0.490 e. The van der Waals surface area contributed by atoms with E-state index in [2.05, 4.69) is 38.8 Å². The van der Waals surface area contributed by atoms with Crippen LogP contribution in [0.25, 0.3) is 0 Å². The van der Waals surface area contributed by atoms with Crippen LogP contribution in [0.15, 0.2) is 48.6 Å². The average Bonchev–Trinajstić information content (AvgIpc) is 3.30. The molecule has 3 fully saturated rings. The number of halogens is 1. The second-order valence-corrected chi connectivity index (χ2v) is 19.6. The molecule has 1 spiro atoms. The zero-order valence-corrected chi connectivity index (χ0v) is 34.0. The van der Waals surface area contributed by atoms with Gasteiger partial charge in [0.25, 0.3) is 11.8 Å². The number of nitrogens with zero attached hydrogens (tertiary/aromatic N) is 3. The molecule has 0 radical (unpaired) electrons. The molecule has 2 bridgehead atoms. The Morgan fingerprint density at radius 2 is 1.89 bits per heavy atom. The van der Waals surface area contributed by atoms with Gasteiger partial charge in [0.15, 0.2) is 0 Å². The molecule has 8 atom stereocenters. The van der Waals surface area contributed by atoms with Crippen LogP contribution in [-0.2, 0) is 36.1 Å². The summed E-state index contributed by atoms with van der Waals surface area (Å²) in [4.78, 5) is 33.4. The van der Waals surface area contributed by atoms with Crippen LogP contribution < -0.4 is 14.4 Å². The standard InChI is InChI=1S/C42H55ClN4O7S/c1-27-7-5-16-42(52-4,25-45-17-18-47-34(22-45)23-53-28(2)40(47)49)36-12-9-32(36)21-46-24-41(15-6-8-30-19-33(43)11-13-35(30)41)26-54-38-14-10-31(20-37(38)46)39(48)44-55(50,51)29(27)3/h5,10-11,13-14,16,19-20,27-29,32,34,36H,6-9,12,15,17-18,21-26H2,1-4H3,(H,44,48)/b16-5-/t27-,28+,29+,32-,34-,36+,41-,42-/m0/s1. The fraction of sp³-hybridized carbons (Fsp3) is 0.619. The summed E-state index contributed by atoms with van der Waals surface area (Å²) in [5.74, 6) is 0.281. The number of carbonyl (C=O) groups is 2. The third-order valence-electron chi connectivity index (χ3n) is 13.8. The highest BCUT2D eigenvalue weighted by atomic mass is 35.5. The first-order valence-electron chi connectivity index (χ1n) is 20.1. The smallest absolute Gasteiger partial charge is 0.264 e. The van der Waals surface area contributed by atoms with Crippen molar-refractivity contribution in [1.82, 2.24) is 14.5 Å². The molecule has 0 unspecified atom stereocenters. The van der Waals surface area contributed by atoms with Gasteiger partial charge < -0.3 is 24.0 Å². The zero-order valence-electron chi connectivity index (χ0n) is 32.5. The van der Waals surface area contributed by atoms with Gasteiger partial charge in [-0.15, -0.1) is 0 Å². The third kappa shape index (κ3) is 7.19. The second kappa shape index (κ2) is 15.0. The lowest BCUT2D eigenvalue weighted by Crippen LogP contribution is -2.65. The average molecular weight is 795 g/mol. The summed E-state index contributed by atoms with van der Waals surface area (Å²) in [6.45, 7) is 10.5. The summed E-state index contributed by atoms with van der Waals surface area (Å²) in [5, 5.41) is -0.0880. The molecule has 0 aromatic heterocycles. The third-order valence-corrected chi connectivity index (χ3v) is 16.0. The first-order chi connectivity index (χ1) is 26.3. The Hall–Kier alpha value is -3.16. The summed E-state index contributed by atoms with van der Waals surface area (Å²) < 4.78 is 48.9. The summed E-state index contributed by atoms with van der Waals surface area (Å²) in [6, 6.07) is 11.5. The highest BCUT2D eigenvalue weighted by Crippen LogP contribution is 2.49. The van der Waals surface area contributed by atoms with Gasteiger partial charge in [-0.3, -0.25) is 14.5 Å². The van der Waals surface area contributed by atoms with Crippen molar-refractivity contribution >= 4 is 39.1 Å². The lowest BCUT2D eigenvalue weighted by atomic mass is 9.63. The molecule has 2 aromatic rings. The maximum atomic E-state index is 13.7. The van der Waals surface area contributed by atoms with Crippen molar-refractivity contribution < 1.29 is 32.2 Å². The van der Waals surface area contributed by atoms with E-state index in [0.717, 1.165) is 55.9 Å². The fourth-order valence-corrected chi connectivity index (χ4v) is 11.7. The van der Waals surface area contributed by atoms with Gasteiger partial charge in [0.2, 0.25) is 10.0 Å². The molecule has 2 saturated heterocycles. The predicted octanol–water partition coefficient (Wildman–Crippen LogP) is 5.20. The van der Waals surface area contributed by atoms with E-state index in [0.29, 0.717) is 51.6 Å². The number of rotatable bonds is 3. The zero-order chi connectivity index (χ0) is 38.7. The number of carbonyl (C=O) groups excluding carboxylic acids is 2. The van der Waals surface area contributed by atoms with Crippen LogP contribution in [0.2, 0.25) is 5.02 Å². The normalized spacial score (nSPS) is 35.7. The first kappa shape index (κ1) is 38.7. The van der Waals surface area contributed by atoms with Crippen molar-refractivity contribution in [1.29, 1.82) is 0 Å². The van der Waals surface area contributed by atoms with E-state index < -0.39 is 32.9 Å². The highest BCUT2D eigenvalue weighted by Gasteiger charge is 2.51. The molecule has 4 heterocycles. The van der Waals surface area contributed by atoms with E-state index in [4.69, 9.17) is 25.8 Å². The van der Waals surface area contributed by atoms with Crippen LogP contribution >= 0.6 is 11.6 Å². The Morgan fingerprint density at radius 1 is 1.05 bits per heavy atom. The van der Waals surface area contributed by atoms with E-state index in [1.165, 1.54) is 11.1 Å². The number of nitrogens with one attached hydrogen (secondary N) is 1. The van der Waals surface area contributed by atoms with Crippen molar-refractivity contribution in [2.75, 3.05) is 64.5 Å². The number of anilines is 1. The van der Waals surface area contributed by atoms with Crippen molar-refractivity contribution in [3.8, 4) is 5.75 Å². The molecule has 2 aromatic carbocycles. The largest absolute Gasteiger partial charge is 0.490 e. The van der Waals surface area contributed by atoms with Crippen LogP contribution in [0, 0.1) is 17.8 Å². The quantitative estimate of drug-likeness (QED) is 0.419. The fourth-order valence-electron chi connectivity index (χ4n) is 10.2. The lowest BCUT2D eigenvalue weighted by molar-refractivity contribution is -0.164. The molecule has 1 saturated carbocycles. The van der Waals surface area contributed by atoms with Gasteiger partial charge in [0.1, 0.15) is 17.5 Å². The number of aryl methyl sites for hydroxylation is 1. The number of hydrogen-bond acceptors (Lipinski definition) is 9. The molecule has 4 aliphatic heterocycles. The predicted molar refractivity (Wildman–Crippen MR) is 212 cm³/mol. The topological polar surface area (TPSA) is 118 Å². The van der Waals surface area contributed by atoms with Gasteiger partial charge in [0.05, 0.1) is 30.2 Å². The minimum atomic E-state index is -3.99. The van der Waals surface area contributed by atoms with Crippen molar-refractivity contribution in [2.24, 2.45) is 17.8 Å². The van der Waals surface area contributed by atoms with E-state index in [-0.39, 0.29) is 40.7 Å². The Bertz CT molecular complexity index is 1960. The molecule has 55 heavy (non-hydrogen) atoms. The molecule has 11 nitrogen and oxygen atoms in total. The van der Waals surface area contributed by atoms with Crippen molar-refractivity contribution in [2.45, 2.75) is 87.7 Å². The van der Waals surface area contributed by atoms with Crippen LogP contribution in [-0.4, -0.2) is 113 Å². The number of piperazine rings is 1. The van der Waals surface area contributed by atoms with Gasteiger partial charge in [-0.25, -0.2) is 13.1 Å². The van der Waals surface area contributed by atoms with Gasteiger partial charge in [0, 0.05) is 62.4 Å². The molecular formula is C42H55ClN4O7S. The molecule has 2 aliphatic carbocycles. The molecule has 6 aliphatic rings. The summed E-state index contributed by atoms with van der Waals surface area (Å²) >= 11 is 6.50. The van der Waals surface area contributed by atoms with E-state index in [9.17, 15) is 18.0 Å². The number of benzene rings is 2. The maximum absolute atomic E-state index is 13.7. The van der Waals surface area contributed by atoms with Gasteiger partial charge in [-0.05, 0) is 112 Å². The van der Waals surface area contributed by atoms with Crippen LogP contribution in [0.4, 0.5) is 5.69 Å². The van der Waals surface area contributed by atoms with E-state index in [1.807, 2.05) is 36.9 Å². The van der Waals surface area contributed by atoms with Gasteiger partial charge in [-0.1, -0.05) is 36.7 Å². The molecule has 8 rings (SSSR count). The lowest BCUT2D eigenvalue weighted by Gasteiger charge is -2.53. The number of morpholine rings is 1. The molecule has 1 N–H and O–H groups in total. The van der Waals surface area contributed by atoms with E-state index in [1.54, 1.807) is 20.1 Å². The number of allylic oxidation sites excluding steroid dienone is 1. The number of ether oxygens (including phenoxy) is 3. The summed E-state index contributed by atoms with van der Waals surface area (Å²) in [5.41, 5.74) is 2.64. The van der Waals surface area contributed by atoms with Crippen molar-refractivity contribution in [3.05, 3.63) is 70.3 Å². The summed E-state index contributed by atoms with van der Waals surface area (Å²) in [6.07, 6.45) is 9.31. The van der Waals surface area contributed by atoms with Crippen molar-refractivity contribution in [3.63, 3.8) is 0 Å². The van der Waals surface area contributed by atoms with Crippen LogP contribution in [0.1, 0.15) is 74.4 Å². The Balaban J connectivity index is 1.18. The number of hydrogen-bond donors (Lipinski definition) is 1. The Labute approximate surface area is 330 Å².